The number of nitrogens with one attached hydrogen (secondary N) is 1. The molecule has 0 aliphatic heterocycles. The van der Waals surface area contributed by atoms with Gasteiger partial charge in [0.15, 0.2) is 0 Å². The largest absolute Gasteiger partial charge is 0.496 e. The average Bonchev–Trinajstić information content (AvgIpc) is 3.22. The fourth-order valence-corrected chi connectivity index (χ4v) is 3.16. The predicted molar refractivity (Wildman–Crippen MR) is 115 cm³/mol. The number of aromatic nitrogens is 2. The smallest absolute Gasteiger partial charge is 0.259 e. The van der Waals surface area contributed by atoms with Gasteiger partial charge in [-0.25, -0.2) is 9.07 Å². The number of halogens is 1. The van der Waals surface area contributed by atoms with Gasteiger partial charge >= 0.3 is 0 Å². The summed E-state index contributed by atoms with van der Waals surface area (Å²) in [7, 11) is 1.57. The van der Waals surface area contributed by atoms with Gasteiger partial charge in [0.2, 0.25) is 0 Å². The summed E-state index contributed by atoms with van der Waals surface area (Å²) in [5.41, 5.74) is 3.22. The van der Waals surface area contributed by atoms with Crippen molar-refractivity contribution < 1.29 is 13.9 Å². The van der Waals surface area contributed by atoms with Gasteiger partial charge in [0.25, 0.3) is 5.91 Å². The van der Waals surface area contributed by atoms with Crippen molar-refractivity contribution in [3.8, 4) is 22.7 Å². The van der Waals surface area contributed by atoms with E-state index in [-0.39, 0.29) is 11.7 Å². The van der Waals surface area contributed by atoms with Crippen molar-refractivity contribution in [2.24, 2.45) is 0 Å². The lowest BCUT2D eigenvalue weighted by Crippen LogP contribution is -2.12. The zero-order valence-electron chi connectivity index (χ0n) is 16.6. The molecule has 1 heterocycles. The fraction of sp³-hybridized carbons (Fsp3) is 0.0833. The Kier molecular flexibility index (Phi) is 5.30. The van der Waals surface area contributed by atoms with Crippen LogP contribution in [0.25, 0.3) is 16.9 Å². The Morgan fingerprint density at radius 1 is 1.03 bits per heavy atom. The maximum absolute atomic E-state index is 13.9. The van der Waals surface area contributed by atoms with Crippen LogP contribution < -0.4 is 10.1 Å². The lowest BCUT2D eigenvalue weighted by atomic mass is 10.1. The Morgan fingerprint density at radius 3 is 2.50 bits per heavy atom. The topological polar surface area (TPSA) is 56.2 Å². The molecule has 0 aliphatic rings. The Hall–Kier alpha value is -3.93. The van der Waals surface area contributed by atoms with E-state index in [0.717, 1.165) is 5.69 Å². The van der Waals surface area contributed by atoms with Crippen LogP contribution >= 0.6 is 0 Å². The molecule has 0 radical (unpaired) electrons. The molecule has 0 bridgehead atoms. The summed E-state index contributed by atoms with van der Waals surface area (Å²) in [6.45, 7) is 1.67. The molecule has 30 heavy (non-hydrogen) atoms. The SMILES string of the molecule is COc1ccccc1-c1nn(-c2ccccc2)cc1C(=O)Nc1ccc(C)c(F)c1. The molecule has 1 N–H and O–H groups in total. The summed E-state index contributed by atoms with van der Waals surface area (Å²) in [5.74, 6) is -0.162. The van der Waals surface area contributed by atoms with E-state index in [2.05, 4.69) is 10.4 Å². The number of amides is 1. The van der Waals surface area contributed by atoms with E-state index in [1.165, 1.54) is 6.07 Å². The van der Waals surface area contributed by atoms with Crippen LogP contribution in [0.2, 0.25) is 0 Å². The summed E-state index contributed by atoms with van der Waals surface area (Å²) in [4.78, 5) is 13.1. The monoisotopic (exact) mass is 401 g/mol. The first-order chi connectivity index (χ1) is 14.6. The minimum Gasteiger partial charge on any atom is -0.496 e. The molecule has 0 fully saturated rings. The number of aryl methyl sites for hydroxylation is 1. The second-order valence-electron chi connectivity index (χ2n) is 6.79. The third kappa shape index (κ3) is 3.80. The third-order valence-corrected chi connectivity index (χ3v) is 4.77. The zero-order valence-corrected chi connectivity index (χ0v) is 16.6. The third-order valence-electron chi connectivity index (χ3n) is 4.77. The summed E-state index contributed by atoms with van der Waals surface area (Å²) in [6.07, 6.45) is 1.66. The highest BCUT2D eigenvalue weighted by Crippen LogP contribution is 2.32. The van der Waals surface area contributed by atoms with Gasteiger partial charge < -0.3 is 10.1 Å². The molecule has 1 aromatic heterocycles. The molecule has 150 valence electrons. The van der Waals surface area contributed by atoms with Gasteiger partial charge in [-0.15, -0.1) is 0 Å². The molecule has 0 atom stereocenters. The Morgan fingerprint density at radius 2 is 1.77 bits per heavy atom. The van der Waals surface area contributed by atoms with Crippen molar-refractivity contribution in [2.75, 3.05) is 12.4 Å². The highest BCUT2D eigenvalue weighted by Gasteiger charge is 2.21. The van der Waals surface area contributed by atoms with E-state index in [4.69, 9.17) is 4.74 Å². The number of carbonyl (C=O) groups is 1. The van der Waals surface area contributed by atoms with E-state index < -0.39 is 0 Å². The highest BCUT2D eigenvalue weighted by molar-refractivity contribution is 6.08. The van der Waals surface area contributed by atoms with Gasteiger partial charge in [-0.1, -0.05) is 36.4 Å². The van der Waals surface area contributed by atoms with Crippen LogP contribution in [0.1, 0.15) is 15.9 Å². The van der Waals surface area contributed by atoms with Crippen molar-refractivity contribution in [1.29, 1.82) is 0 Å². The number of ether oxygens (including phenoxy) is 1. The molecule has 5 nitrogen and oxygen atoms in total. The van der Waals surface area contributed by atoms with E-state index >= 15 is 0 Å². The van der Waals surface area contributed by atoms with Gasteiger partial charge in [-0.3, -0.25) is 4.79 Å². The lowest BCUT2D eigenvalue weighted by Gasteiger charge is -2.09. The van der Waals surface area contributed by atoms with Crippen LogP contribution in [-0.2, 0) is 0 Å². The van der Waals surface area contributed by atoms with Crippen LogP contribution in [0, 0.1) is 12.7 Å². The number of methoxy groups -OCH3 is 1. The Bertz CT molecular complexity index is 1200. The van der Waals surface area contributed by atoms with E-state index in [1.807, 2.05) is 54.6 Å². The number of benzene rings is 3. The molecule has 1 amide bonds. The normalized spacial score (nSPS) is 10.6. The molecule has 4 rings (SSSR count). The standard InChI is InChI=1S/C24H20FN3O2/c1-16-12-13-17(14-21(16)25)26-24(29)20-15-28(18-8-4-3-5-9-18)27-23(20)19-10-6-7-11-22(19)30-2/h3-15H,1-2H3,(H,26,29). The molecule has 0 spiro atoms. The van der Waals surface area contributed by atoms with E-state index in [1.54, 1.807) is 37.0 Å². The molecule has 0 aliphatic carbocycles. The number of rotatable bonds is 5. The van der Waals surface area contributed by atoms with Crippen LogP contribution in [0.5, 0.6) is 5.75 Å². The van der Waals surface area contributed by atoms with Crippen molar-refractivity contribution >= 4 is 11.6 Å². The Labute approximate surface area is 173 Å². The summed E-state index contributed by atoms with van der Waals surface area (Å²) in [5, 5.41) is 7.42. The summed E-state index contributed by atoms with van der Waals surface area (Å²) in [6, 6.07) is 21.5. The maximum atomic E-state index is 13.9. The van der Waals surface area contributed by atoms with Crippen molar-refractivity contribution in [3.63, 3.8) is 0 Å². The quantitative estimate of drug-likeness (QED) is 0.497. The highest BCUT2D eigenvalue weighted by atomic mass is 19.1. The van der Waals surface area contributed by atoms with Crippen molar-refractivity contribution in [2.45, 2.75) is 6.92 Å². The second-order valence-corrected chi connectivity index (χ2v) is 6.79. The number of hydrogen-bond acceptors (Lipinski definition) is 3. The number of carbonyl (C=O) groups excluding carboxylic acids is 1. The molecule has 3 aromatic carbocycles. The van der Waals surface area contributed by atoms with Crippen LogP contribution in [0.4, 0.5) is 10.1 Å². The predicted octanol–water partition coefficient (Wildman–Crippen LogP) is 5.25. The molecule has 0 saturated carbocycles. The van der Waals surface area contributed by atoms with E-state index in [9.17, 15) is 9.18 Å². The molecular formula is C24H20FN3O2. The zero-order chi connectivity index (χ0) is 21.1. The first-order valence-electron chi connectivity index (χ1n) is 9.43. The minimum atomic E-state index is -0.388. The van der Waals surface area contributed by atoms with E-state index in [0.29, 0.717) is 33.8 Å². The van der Waals surface area contributed by atoms with Gasteiger partial charge in [-0.2, -0.15) is 5.10 Å². The fourth-order valence-electron chi connectivity index (χ4n) is 3.16. The van der Waals surface area contributed by atoms with Gasteiger partial charge in [0.1, 0.15) is 17.3 Å². The second kappa shape index (κ2) is 8.21. The molecule has 6 heteroatoms. The number of hydrogen-bond donors (Lipinski definition) is 1. The minimum absolute atomic E-state index is 0.351. The molecule has 0 saturated heterocycles. The number of nitrogens with zero attached hydrogens (tertiary/aromatic N) is 2. The van der Waals surface area contributed by atoms with Gasteiger partial charge in [0.05, 0.1) is 18.4 Å². The number of anilines is 1. The van der Waals surface area contributed by atoms with Crippen LogP contribution in [-0.4, -0.2) is 22.8 Å². The lowest BCUT2D eigenvalue weighted by molar-refractivity contribution is 0.102. The maximum Gasteiger partial charge on any atom is 0.259 e. The first kappa shape index (κ1) is 19.4. The van der Waals surface area contributed by atoms with Crippen molar-refractivity contribution in [1.82, 2.24) is 9.78 Å². The molecule has 4 aromatic rings. The number of para-hydroxylation sites is 2. The van der Waals surface area contributed by atoms with Crippen LogP contribution in [0.3, 0.4) is 0 Å². The summed E-state index contributed by atoms with van der Waals surface area (Å²) >= 11 is 0. The first-order valence-corrected chi connectivity index (χ1v) is 9.43. The van der Waals surface area contributed by atoms with Gasteiger partial charge in [0, 0.05) is 17.4 Å². The Balaban J connectivity index is 1.79. The van der Waals surface area contributed by atoms with Gasteiger partial charge in [-0.05, 0) is 48.9 Å². The van der Waals surface area contributed by atoms with Crippen LogP contribution in [0.15, 0.2) is 79.0 Å². The average molecular weight is 401 g/mol. The summed E-state index contributed by atoms with van der Waals surface area (Å²) < 4.78 is 21.0. The molecule has 0 unspecified atom stereocenters. The molecular weight excluding hydrogens is 381 g/mol. The van der Waals surface area contributed by atoms with Crippen molar-refractivity contribution in [3.05, 3.63) is 95.9 Å².